The highest BCUT2D eigenvalue weighted by Gasteiger charge is 2.28. The number of carbonyl (C=O) groups excluding carboxylic acids is 1. The molecule has 0 aliphatic carbocycles. The van der Waals surface area contributed by atoms with Gasteiger partial charge in [0.05, 0.1) is 12.2 Å². The molecule has 2 aliphatic rings. The van der Waals surface area contributed by atoms with Crippen LogP contribution in [0, 0.1) is 24.1 Å². The van der Waals surface area contributed by atoms with E-state index in [0.29, 0.717) is 23.9 Å². The lowest BCUT2D eigenvalue weighted by Crippen LogP contribution is -2.38. The van der Waals surface area contributed by atoms with Crippen molar-refractivity contribution in [3.8, 4) is 29.6 Å². The average Bonchev–Trinajstić information content (AvgIpc) is 3.36. The van der Waals surface area contributed by atoms with Crippen molar-refractivity contribution in [2.45, 2.75) is 19.3 Å². The van der Waals surface area contributed by atoms with E-state index in [1.54, 1.807) is 24.3 Å². The molecule has 0 spiro atoms. The topological polar surface area (TPSA) is 68.8 Å². The fourth-order valence-corrected chi connectivity index (χ4v) is 4.34. The summed E-state index contributed by atoms with van der Waals surface area (Å²) in [5, 5.41) is 6.19. The fraction of sp³-hybridized carbons (Fsp3) is 0.321. The maximum Gasteiger partial charge on any atom is 0.254 e. The Kier molecular flexibility index (Phi) is 8.07. The van der Waals surface area contributed by atoms with Gasteiger partial charge in [-0.3, -0.25) is 4.79 Å². The van der Waals surface area contributed by atoms with Crippen molar-refractivity contribution in [3.05, 3.63) is 77.1 Å². The third kappa shape index (κ3) is 6.03. The van der Waals surface area contributed by atoms with Crippen molar-refractivity contribution in [3.63, 3.8) is 0 Å². The molecule has 2 atom stereocenters. The highest BCUT2D eigenvalue weighted by atomic mass is 19.1. The number of carbonyl (C=O) groups is 1. The Labute approximate surface area is 205 Å². The summed E-state index contributed by atoms with van der Waals surface area (Å²) in [6, 6.07) is 10.3. The van der Waals surface area contributed by atoms with E-state index >= 15 is 0 Å². The third-order valence-electron chi connectivity index (χ3n) is 6.30. The molecule has 0 unspecified atom stereocenters. The molecule has 4 rings (SSSR count). The van der Waals surface area contributed by atoms with Crippen molar-refractivity contribution in [2.24, 2.45) is 5.92 Å². The molecule has 1 amide bonds. The second kappa shape index (κ2) is 11.6. The number of piperidine rings is 1. The van der Waals surface area contributed by atoms with Gasteiger partial charge in [-0.25, -0.2) is 4.39 Å². The minimum absolute atomic E-state index is 0.0351. The monoisotopic (exact) mass is 476 g/mol. The summed E-state index contributed by atoms with van der Waals surface area (Å²) >= 11 is 0. The van der Waals surface area contributed by atoms with Gasteiger partial charge in [0.2, 0.25) is 6.79 Å². The Hall–Kier alpha value is -3.76. The first-order chi connectivity index (χ1) is 17.1. The molecule has 0 radical (unpaired) electrons. The number of fused-ring (bicyclic) bond motifs is 1. The molecule has 0 saturated carbocycles. The van der Waals surface area contributed by atoms with Crippen molar-refractivity contribution >= 4 is 5.91 Å². The van der Waals surface area contributed by atoms with Crippen LogP contribution < -0.4 is 24.8 Å². The summed E-state index contributed by atoms with van der Waals surface area (Å²) in [6.07, 6.45) is 11.3. The van der Waals surface area contributed by atoms with E-state index in [0.717, 1.165) is 30.6 Å². The Bertz CT molecular complexity index is 1170. The Morgan fingerprint density at radius 1 is 1.29 bits per heavy atom. The fourth-order valence-electron chi connectivity index (χ4n) is 4.34. The zero-order valence-electron chi connectivity index (χ0n) is 19.7. The van der Waals surface area contributed by atoms with Crippen LogP contribution in [-0.2, 0) is 0 Å². The molecule has 1 fully saturated rings. The SMILES string of the molecule is C#C/C=C\C(=C/C)CNC(=O)c1cc([C@@H]2CCNC[C@H]2COc2ccc3c(c2)OCO3)ccc1F. The van der Waals surface area contributed by atoms with Crippen molar-refractivity contribution in [1.82, 2.24) is 10.6 Å². The summed E-state index contributed by atoms with van der Waals surface area (Å²) in [5.74, 6) is 3.78. The predicted octanol–water partition coefficient (Wildman–Crippen LogP) is 4.19. The van der Waals surface area contributed by atoms with E-state index in [-0.39, 0.29) is 30.7 Å². The minimum Gasteiger partial charge on any atom is -0.493 e. The van der Waals surface area contributed by atoms with Gasteiger partial charge in [0.15, 0.2) is 11.5 Å². The number of nitrogens with one attached hydrogen (secondary N) is 2. The maximum absolute atomic E-state index is 14.6. The van der Waals surface area contributed by atoms with Gasteiger partial charge in [-0.05, 0) is 73.4 Å². The van der Waals surface area contributed by atoms with Gasteiger partial charge in [-0.15, -0.1) is 6.42 Å². The summed E-state index contributed by atoms with van der Waals surface area (Å²) in [7, 11) is 0. The van der Waals surface area contributed by atoms with E-state index in [1.807, 2.05) is 31.2 Å². The zero-order valence-corrected chi connectivity index (χ0v) is 19.7. The van der Waals surface area contributed by atoms with Crippen LogP contribution in [0.25, 0.3) is 0 Å². The van der Waals surface area contributed by atoms with Gasteiger partial charge in [0.25, 0.3) is 5.91 Å². The number of halogens is 1. The van der Waals surface area contributed by atoms with Gasteiger partial charge in [0.1, 0.15) is 11.6 Å². The van der Waals surface area contributed by atoms with Gasteiger partial charge in [-0.2, -0.15) is 0 Å². The maximum atomic E-state index is 14.6. The second-order valence-electron chi connectivity index (χ2n) is 8.47. The first-order valence-electron chi connectivity index (χ1n) is 11.7. The van der Waals surface area contributed by atoms with Crippen LogP contribution in [0.2, 0.25) is 0 Å². The van der Waals surface area contributed by atoms with Crippen LogP contribution in [0.5, 0.6) is 17.2 Å². The molecule has 2 aromatic carbocycles. The lowest BCUT2D eigenvalue weighted by molar-refractivity contribution is 0.0953. The molecule has 2 aromatic rings. The summed E-state index contributed by atoms with van der Waals surface area (Å²) < 4.78 is 31.5. The first kappa shape index (κ1) is 24.4. The van der Waals surface area contributed by atoms with Gasteiger partial charge < -0.3 is 24.8 Å². The predicted molar refractivity (Wildman–Crippen MR) is 132 cm³/mol. The van der Waals surface area contributed by atoms with E-state index in [9.17, 15) is 9.18 Å². The number of amides is 1. The molecule has 1 saturated heterocycles. The number of benzene rings is 2. The van der Waals surface area contributed by atoms with Crippen molar-refractivity contribution < 1.29 is 23.4 Å². The summed E-state index contributed by atoms with van der Waals surface area (Å²) in [6.45, 7) is 4.41. The molecule has 2 N–H and O–H groups in total. The Morgan fingerprint density at radius 3 is 2.97 bits per heavy atom. The van der Waals surface area contributed by atoms with E-state index in [1.165, 1.54) is 6.07 Å². The van der Waals surface area contributed by atoms with E-state index in [2.05, 4.69) is 16.6 Å². The van der Waals surface area contributed by atoms with Crippen LogP contribution >= 0.6 is 0 Å². The lowest BCUT2D eigenvalue weighted by Gasteiger charge is -2.32. The number of allylic oxidation sites excluding steroid dienone is 2. The molecule has 7 heteroatoms. The minimum atomic E-state index is -0.547. The normalized spacial score (nSPS) is 19.4. The van der Waals surface area contributed by atoms with Crippen LogP contribution in [0.1, 0.15) is 35.2 Å². The number of ether oxygens (including phenoxy) is 3. The molecule has 2 heterocycles. The van der Waals surface area contributed by atoms with E-state index < -0.39 is 11.7 Å². The quantitative estimate of drug-likeness (QED) is 0.442. The average molecular weight is 477 g/mol. The van der Waals surface area contributed by atoms with Crippen LogP contribution in [0.3, 0.4) is 0 Å². The van der Waals surface area contributed by atoms with Crippen LogP contribution in [0.15, 0.2) is 60.2 Å². The summed E-state index contributed by atoms with van der Waals surface area (Å²) in [4.78, 5) is 12.8. The molecular weight excluding hydrogens is 447 g/mol. The second-order valence-corrected chi connectivity index (χ2v) is 8.47. The number of rotatable bonds is 8. The molecule has 2 aliphatic heterocycles. The smallest absolute Gasteiger partial charge is 0.254 e. The lowest BCUT2D eigenvalue weighted by atomic mass is 9.81. The Morgan fingerprint density at radius 2 is 2.14 bits per heavy atom. The van der Waals surface area contributed by atoms with Gasteiger partial charge in [-0.1, -0.05) is 18.1 Å². The Balaban J connectivity index is 1.44. The number of terminal acetylenes is 1. The molecule has 0 bridgehead atoms. The van der Waals surface area contributed by atoms with Crippen molar-refractivity contribution in [2.75, 3.05) is 33.0 Å². The molecule has 182 valence electrons. The van der Waals surface area contributed by atoms with Gasteiger partial charge in [0, 0.05) is 25.1 Å². The summed E-state index contributed by atoms with van der Waals surface area (Å²) in [5.41, 5.74) is 1.80. The molecule has 6 nitrogen and oxygen atoms in total. The van der Waals surface area contributed by atoms with Crippen LogP contribution in [0.4, 0.5) is 4.39 Å². The van der Waals surface area contributed by atoms with Gasteiger partial charge >= 0.3 is 0 Å². The molecule has 35 heavy (non-hydrogen) atoms. The van der Waals surface area contributed by atoms with Crippen molar-refractivity contribution in [1.29, 1.82) is 0 Å². The highest BCUT2D eigenvalue weighted by molar-refractivity contribution is 5.94. The number of hydrogen-bond acceptors (Lipinski definition) is 5. The van der Waals surface area contributed by atoms with E-state index in [4.69, 9.17) is 20.6 Å². The molecule has 0 aromatic heterocycles. The standard InChI is InChI=1S/C28H29FN2O4/c1-3-5-6-19(4-2)15-31-28(32)24-13-20(7-9-25(24)29)23-11-12-30-16-21(23)17-33-22-8-10-26-27(14-22)35-18-34-26/h1,4-10,13-14,21,23,30H,11-12,15-18H2,2H3,(H,31,32)/b6-5-,19-4+/t21-,23-/m0/s1. The zero-order chi connectivity index (χ0) is 24.6. The molecular formula is C28H29FN2O4. The van der Waals surface area contributed by atoms with Crippen LogP contribution in [-0.4, -0.2) is 38.9 Å². The largest absolute Gasteiger partial charge is 0.493 e. The number of hydrogen-bond donors (Lipinski definition) is 2. The third-order valence-corrected chi connectivity index (χ3v) is 6.30. The highest BCUT2D eigenvalue weighted by Crippen LogP contribution is 2.36. The first-order valence-corrected chi connectivity index (χ1v) is 11.7.